The molecular formula is C22H21Cl3N2O4S2. The lowest BCUT2D eigenvalue weighted by Gasteiger charge is -2.26. The lowest BCUT2D eigenvalue weighted by Crippen LogP contribution is -2.48. The summed E-state index contributed by atoms with van der Waals surface area (Å²) < 4.78 is 9.61. The lowest BCUT2D eigenvalue weighted by atomic mass is 10.1. The third-order valence-electron chi connectivity index (χ3n) is 4.38. The van der Waals surface area contributed by atoms with Crippen LogP contribution in [-0.2, 0) is 16.1 Å². The molecule has 1 aromatic carbocycles. The first-order valence-electron chi connectivity index (χ1n) is 9.93. The number of ether oxygens (including phenoxy) is 1. The molecule has 2 heterocycles. The molecule has 1 aliphatic heterocycles. The van der Waals surface area contributed by atoms with Crippen LogP contribution in [0.3, 0.4) is 0 Å². The maximum atomic E-state index is 12.7. The van der Waals surface area contributed by atoms with E-state index in [-0.39, 0.29) is 30.7 Å². The Morgan fingerprint density at radius 3 is 2.55 bits per heavy atom. The second-order valence-electron chi connectivity index (χ2n) is 7.62. The zero-order chi connectivity index (χ0) is 24.2. The molecule has 3 rings (SSSR count). The van der Waals surface area contributed by atoms with Gasteiger partial charge in [-0.05, 0) is 41.8 Å². The topological polar surface area (TPSA) is 71.8 Å². The normalized spacial score (nSPS) is 16.5. The molecule has 33 heavy (non-hydrogen) atoms. The summed E-state index contributed by atoms with van der Waals surface area (Å²) in [6.07, 6.45) is 2.40. The Bertz CT molecular complexity index is 1030. The van der Waals surface area contributed by atoms with Gasteiger partial charge in [-0.3, -0.25) is 14.5 Å². The summed E-state index contributed by atoms with van der Waals surface area (Å²) in [5.41, 5.74) is 0.759. The number of alkyl halides is 3. The highest BCUT2D eigenvalue weighted by Gasteiger charge is 2.36. The quantitative estimate of drug-likeness (QED) is 0.191. The van der Waals surface area contributed by atoms with Crippen molar-refractivity contribution in [2.75, 3.05) is 0 Å². The van der Waals surface area contributed by atoms with Gasteiger partial charge in [-0.2, -0.15) is 0 Å². The van der Waals surface area contributed by atoms with E-state index in [4.69, 9.17) is 56.2 Å². The van der Waals surface area contributed by atoms with E-state index in [2.05, 4.69) is 5.32 Å². The van der Waals surface area contributed by atoms with E-state index in [1.165, 1.54) is 16.7 Å². The smallest absolute Gasteiger partial charge is 0.266 e. The van der Waals surface area contributed by atoms with E-state index in [1.807, 2.05) is 13.8 Å². The summed E-state index contributed by atoms with van der Waals surface area (Å²) >= 11 is 24.5. The highest BCUT2D eigenvalue weighted by molar-refractivity contribution is 8.26. The van der Waals surface area contributed by atoms with Gasteiger partial charge < -0.3 is 14.5 Å². The van der Waals surface area contributed by atoms with Gasteiger partial charge in [0.05, 0.1) is 17.7 Å². The predicted molar refractivity (Wildman–Crippen MR) is 136 cm³/mol. The molecule has 1 fully saturated rings. The van der Waals surface area contributed by atoms with Gasteiger partial charge in [0.2, 0.25) is 15.9 Å². The monoisotopic (exact) mass is 546 g/mol. The summed E-state index contributed by atoms with van der Waals surface area (Å²) in [6.45, 7) is 4.10. The van der Waals surface area contributed by atoms with E-state index in [1.54, 1.807) is 48.7 Å². The van der Waals surface area contributed by atoms with Gasteiger partial charge in [0.1, 0.15) is 15.8 Å². The Morgan fingerprint density at radius 1 is 1.27 bits per heavy atom. The fourth-order valence-corrected chi connectivity index (χ4v) is 4.43. The van der Waals surface area contributed by atoms with E-state index in [0.717, 1.165) is 5.56 Å². The number of benzene rings is 1. The number of furan rings is 1. The van der Waals surface area contributed by atoms with E-state index in [0.29, 0.717) is 20.7 Å². The molecule has 176 valence electrons. The predicted octanol–water partition coefficient (Wildman–Crippen LogP) is 5.92. The summed E-state index contributed by atoms with van der Waals surface area (Å²) in [5, 5.41) is 2.60. The van der Waals surface area contributed by atoms with Crippen molar-refractivity contribution >= 4 is 81.0 Å². The Hall–Kier alpha value is -1.71. The second kappa shape index (κ2) is 11.1. The molecule has 1 N–H and O–H groups in total. The van der Waals surface area contributed by atoms with E-state index in [9.17, 15) is 9.59 Å². The Balaban J connectivity index is 1.67. The molecule has 1 aliphatic rings. The average molecular weight is 548 g/mol. The van der Waals surface area contributed by atoms with Crippen LogP contribution >= 0.6 is 58.8 Å². The molecule has 1 atom stereocenters. The molecule has 6 nitrogen and oxygen atoms in total. The molecule has 1 aromatic heterocycles. The largest absolute Gasteiger partial charge is 0.467 e. The van der Waals surface area contributed by atoms with Crippen molar-refractivity contribution in [2.45, 2.75) is 36.8 Å². The van der Waals surface area contributed by atoms with Crippen molar-refractivity contribution in [2.24, 2.45) is 5.92 Å². The van der Waals surface area contributed by atoms with Crippen LogP contribution < -0.4 is 10.1 Å². The SMILES string of the molecule is CC(C)CC(=O)NC(Oc1ccc(/C=C2\SC(=S)N(Cc3ccco3)C2=O)cc1)C(Cl)(Cl)Cl. The average Bonchev–Trinajstić information content (AvgIpc) is 3.32. The van der Waals surface area contributed by atoms with Gasteiger partial charge in [-0.1, -0.05) is 84.8 Å². The van der Waals surface area contributed by atoms with Gasteiger partial charge in [0.15, 0.2) is 0 Å². The van der Waals surface area contributed by atoms with Crippen molar-refractivity contribution < 1.29 is 18.7 Å². The first-order valence-corrected chi connectivity index (χ1v) is 12.3. The number of nitrogens with one attached hydrogen (secondary N) is 1. The highest BCUT2D eigenvalue weighted by Crippen LogP contribution is 2.35. The molecule has 0 aliphatic carbocycles. The number of hydrogen-bond donors (Lipinski definition) is 1. The van der Waals surface area contributed by atoms with Crippen LogP contribution in [0.4, 0.5) is 0 Å². The van der Waals surface area contributed by atoms with Crippen LogP contribution in [0.2, 0.25) is 0 Å². The Kier molecular flexibility index (Phi) is 8.75. The molecule has 1 saturated heterocycles. The minimum atomic E-state index is -1.87. The van der Waals surface area contributed by atoms with Crippen molar-refractivity contribution in [1.82, 2.24) is 10.2 Å². The number of hydrogen-bond acceptors (Lipinski definition) is 6. The van der Waals surface area contributed by atoms with Gasteiger partial charge in [0.25, 0.3) is 5.91 Å². The van der Waals surface area contributed by atoms with Crippen LogP contribution in [0.1, 0.15) is 31.6 Å². The van der Waals surface area contributed by atoms with Crippen LogP contribution in [0.25, 0.3) is 6.08 Å². The molecule has 11 heteroatoms. The number of amides is 2. The minimum absolute atomic E-state index is 0.146. The third-order valence-corrected chi connectivity index (χ3v) is 6.35. The molecule has 2 amide bonds. The lowest BCUT2D eigenvalue weighted by molar-refractivity contribution is -0.124. The van der Waals surface area contributed by atoms with Gasteiger partial charge in [-0.15, -0.1) is 0 Å². The number of carbonyl (C=O) groups is 2. The summed E-state index contributed by atoms with van der Waals surface area (Å²) in [7, 11) is 0. The zero-order valence-electron chi connectivity index (χ0n) is 17.7. The fraction of sp³-hybridized carbons (Fsp3) is 0.318. The number of rotatable bonds is 8. The van der Waals surface area contributed by atoms with Crippen LogP contribution in [0.15, 0.2) is 52.0 Å². The van der Waals surface area contributed by atoms with Gasteiger partial charge in [0, 0.05) is 6.42 Å². The fourth-order valence-electron chi connectivity index (χ4n) is 2.88. The molecule has 0 saturated carbocycles. The molecule has 2 aromatic rings. The van der Waals surface area contributed by atoms with Crippen LogP contribution in [-0.4, -0.2) is 31.1 Å². The van der Waals surface area contributed by atoms with E-state index >= 15 is 0 Å². The first-order chi connectivity index (χ1) is 15.5. The maximum absolute atomic E-state index is 12.7. The maximum Gasteiger partial charge on any atom is 0.266 e. The van der Waals surface area contributed by atoms with Gasteiger partial charge >= 0.3 is 0 Å². The Morgan fingerprint density at radius 2 is 1.97 bits per heavy atom. The summed E-state index contributed by atoms with van der Waals surface area (Å²) in [4.78, 5) is 26.8. The molecule has 1 unspecified atom stereocenters. The van der Waals surface area contributed by atoms with Crippen molar-refractivity contribution in [1.29, 1.82) is 0 Å². The number of carbonyl (C=O) groups excluding carboxylic acids is 2. The second-order valence-corrected chi connectivity index (χ2v) is 11.7. The van der Waals surface area contributed by atoms with Gasteiger partial charge in [-0.25, -0.2) is 0 Å². The highest BCUT2D eigenvalue weighted by atomic mass is 35.6. The molecule has 0 spiro atoms. The van der Waals surface area contributed by atoms with Crippen LogP contribution in [0, 0.1) is 5.92 Å². The minimum Gasteiger partial charge on any atom is -0.467 e. The zero-order valence-corrected chi connectivity index (χ0v) is 21.6. The summed E-state index contributed by atoms with van der Waals surface area (Å²) in [6, 6.07) is 10.4. The number of thioether (sulfide) groups is 1. The Labute approximate surface area is 216 Å². The number of halogens is 3. The summed E-state index contributed by atoms with van der Waals surface area (Å²) in [5.74, 6) is 0.713. The van der Waals surface area contributed by atoms with E-state index < -0.39 is 10.0 Å². The number of nitrogens with zero attached hydrogens (tertiary/aromatic N) is 1. The molecule has 0 bridgehead atoms. The third kappa shape index (κ3) is 7.39. The molecular weight excluding hydrogens is 527 g/mol. The standard InChI is InChI=1S/C22H21Cl3N2O4S2/c1-13(2)10-18(28)26-20(22(23,24)25)31-15-7-5-14(6-8-15)11-17-19(29)27(21(32)33-17)12-16-4-3-9-30-16/h3-9,11,13,20H,10,12H2,1-2H3,(H,26,28)/b17-11-. The number of thiocarbonyl (C=S) groups is 1. The van der Waals surface area contributed by atoms with Crippen molar-refractivity contribution in [3.63, 3.8) is 0 Å². The van der Waals surface area contributed by atoms with Crippen LogP contribution in [0.5, 0.6) is 5.75 Å². The first kappa shape index (κ1) is 25.9. The van der Waals surface area contributed by atoms with Crippen molar-refractivity contribution in [3.05, 3.63) is 58.9 Å². The van der Waals surface area contributed by atoms with Crippen molar-refractivity contribution in [3.8, 4) is 5.75 Å². The molecule has 0 radical (unpaired) electrons.